The summed E-state index contributed by atoms with van der Waals surface area (Å²) in [6.45, 7) is 14.0. The lowest BCUT2D eigenvalue weighted by Gasteiger charge is -2.64. The Bertz CT molecular complexity index is 2040. The molecule has 10 N–H and O–H groups in total. The Hall–Kier alpha value is -3.91. The first kappa shape index (κ1) is 52.1. The maximum absolute atomic E-state index is 13.8. The number of carbonyl (C=O) groups is 4. The molecule has 10 unspecified atom stereocenters. The Kier molecular flexibility index (Phi) is 18.2. The fourth-order valence-electron chi connectivity index (χ4n) is 9.66. The Morgan fingerprint density at radius 2 is 1.35 bits per heavy atom. The summed E-state index contributed by atoms with van der Waals surface area (Å²) in [6, 6.07) is 9.41. The van der Waals surface area contributed by atoms with Gasteiger partial charge in [-0.3, -0.25) is 19.2 Å². The van der Waals surface area contributed by atoms with Crippen LogP contribution < -0.4 is 37.5 Å². The number of benzene rings is 2. The van der Waals surface area contributed by atoms with Gasteiger partial charge in [0.1, 0.15) is 24.2 Å². The summed E-state index contributed by atoms with van der Waals surface area (Å²) in [5.41, 5.74) is 14.1. The second-order valence-corrected chi connectivity index (χ2v) is 20.9. The molecule has 4 fully saturated rings. The first-order valence-corrected chi connectivity index (χ1v) is 25.1. The van der Waals surface area contributed by atoms with Crippen LogP contribution in [0.3, 0.4) is 0 Å². The number of aliphatic hydroxyl groups is 1. The van der Waals surface area contributed by atoms with E-state index in [1.807, 2.05) is 19.1 Å². The molecular weight excluding hydrogens is 849 g/mol. The zero-order valence-corrected chi connectivity index (χ0v) is 40.2. The number of hydrogen-bond donors (Lipinski definition) is 8. The molecule has 65 heavy (non-hydrogen) atoms. The molecule has 1 aliphatic heterocycles. The van der Waals surface area contributed by atoms with E-state index in [2.05, 4.69) is 65.8 Å². The van der Waals surface area contributed by atoms with Crippen molar-refractivity contribution in [1.82, 2.24) is 26.0 Å². The van der Waals surface area contributed by atoms with E-state index in [4.69, 9.17) is 20.8 Å². The quantitative estimate of drug-likeness (QED) is 0.0530. The summed E-state index contributed by atoms with van der Waals surface area (Å²) in [5.74, 6) is -2.47. The highest BCUT2D eigenvalue weighted by Crippen LogP contribution is 2.65. The van der Waals surface area contributed by atoms with Crippen LogP contribution in [0.4, 0.5) is 0 Å². The van der Waals surface area contributed by atoms with Crippen molar-refractivity contribution in [2.75, 3.05) is 13.1 Å². The molecule has 16 nitrogen and oxygen atoms in total. The number of unbranched alkanes of at least 4 members (excludes halogenated alkanes) is 3. The molecule has 360 valence electrons. The molecule has 4 aliphatic rings. The molecule has 6 rings (SSSR count). The van der Waals surface area contributed by atoms with Crippen LogP contribution in [0.15, 0.2) is 53.4 Å². The van der Waals surface area contributed by atoms with E-state index >= 15 is 0 Å². The van der Waals surface area contributed by atoms with Gasteiger partial charge in [-0.1, -0.05) is 70.0 Å². The monoisotopic (exact) mass is 924 g/mol. The van der Waals surface area contributed by atoms with Gasteiger partial charge in [-0.2, -0.15) is 4.72 Å². The van der Waals surface area contributed by atoms with Crippen LogP contribution in [0.25, 0.3) is 11.1 Å². The third kappa shape index (κ3) is 12.8. The zero-order chi connectivity index (χ0) is 47.7. The SMILES string of the molecule is CCCCc1ccc(-c2ccc(S(=O)(=O)NC(CCCCN)C(=O)NC(C(=O)NC(C)C(=O)NC(CCCCN)C(=O)NC(C)B3OC4CC5CC(C5(C)C)C4(C)O3)C(C)O)cc2)cc1. The van der Waals surface area contributed by atoms with Gasteiger partial charge in [-0.25, -0.2) is 8.42 Å². The predicted molar refractivity (Wildman–Crippen MR) is 251 cm³/mol. The van der Waals surface area contributed by atoms with Gasteiger partial charge in [0, 0.05) is 0 Å². The van der Waals surface area contributed by atoms with Gasteiger partial charge >= 0.3 is 7.12 Å². The van der Waals surface area contributed by atoms with Gasteiger partial charge in [0.2, 0.25) is 33.7 Å². The molecule has 3 saturated carbocycles. The lowest BCUT2D eigenvalue weighted by molar-refractivity contribution is -0.199. The molecular formula is C47H74BN7O9S. The Morgan fingerprint density at radius 1 is 0.769 bits per heavy atom. The van der Waals surface area contributed by atoms with Crippen molar-refractivity contribution in [2.45, 2.75) is 172 Å². The average molecular weight is 924 g/mol. The fourth-order valence-corrected chi connectivity index (χ4v) is 10.9. The van der Waals surface area contributed by atoms with Crippen molar-refractivity contribution in [2.24, 2.45) is 28.7 Å². The summed E-state index contributed by atoms with van der Waals surface area (Å²) in [7, 11) is -4.89. The zero-order valence-electron chi connectivity index (χ0n) is 39.4. The van der Waals surface area contributed by atoms with E-state index in [9.17, 15) is 32.7 Å². The number of nitrogens with two attached hydrogens (primary N) is 2. The summed E-state index contributed by atoms with van der Waals surface area (Å²) in [5, 5.41) is 21.4. The highest BCUT2D eigenvalue weighted by Gasteiger charge is 2.68. The van der Waals surface area contributed by atoms with Gasteiger partial charge in [0.15, 0.2) is 0 Å². The van der Waals surface area contributed by atoms with Gasteiger partial charge in [-0.05, 0) is 145 Å². The van der Waals surface area contributed by atoms with E-state index in [0.717, 1.165) is 43.2 Å². The topological polar surface area (TPSA) is 253 Å². The van der Waals surface area contributed by atoms with E-state index in [-0.39, 0.29) is 29.3 Å². The first-order chi connectivity index (χ1) is 30.7. The molecule has 0 aromatic heterocycles. The first-order valence-electron chi connectivity index (χ1n) is 23.6. The predicted octanol–water partition coefficient (Wildman–Crippen LogP) is 3.23. The van der Waals surface area contributed by atoms with Crippen LogP contribution in [0.5, 0.6) is 0 Å². The molecule has 1 saturated heterocycles. The number of hydrogen-bond acceptors (Lipinski definition) is 11. The number of aliphatic hydroxyl groups excluding tert-OH is 1. The minimum atomic E-state index is -4.23. The van der Waals surface area contributed by atoms with E-state index in [0.29, 0.717) is 50.6 Å². The van der Waals surface area contributed by atoms with Gasteiger partial charge in [0.25, 0.3) is 0 Å². The molecule has 2 aromatic rings. The van der Waals surface area contributed by atoms with Crippen LogP contribution in [-0.2, 0) is 44.9 Å². The minimum Gasteiger partial charge on any atom is -0.404 e. The number of carbonyl (C=O) groups excluding carboxylic acids is 4. The van der Waals surface area contributed by atoms with Crippen LogP contribution in [0, 0.1) is 17.3 Å². The average Bonchev–Trinajstić information content (AvgIpc) is 3.64. The largest absolute Gasteiger partial charge is 0.481 e. The molecule has 4 amide bonds. The van der Waals surface area contributed by atoms with Crippen LogP contribution >= 0.6 is 0 Å². The van der Waals surface area contributed by atoms with Crippen LogP contribution in [0.1, 0.15) is 118 Å². The standard InChI is InChI=1S/C47H74BN7O9S/c1-8-9-14-32-17-19-33(20-18-32)34-21-23-36(24-22-34)65(61,62)55-38(16-11-13-26-50)44(59)54-41(30(3)56)45(60)51-29(2)42(57)53-37(15-10-12-25-49)43(58)52-31(4)48-63-40-28-35-27-39(46(35,5)6)47(40,7)64-48/h17-24,29-31,35,37-41,55-56H,8-16,25-28,49-50H2,1-7H3,(H,51,60)(H,52,58)(H,53,57)(H,54,59). The summed E-state index contributed by atoms with van der Waals surface area (Å²) in [6.07, 6.45) is 6.08. The fraction of sp³-hybridized carbons (Fsp3) is 0.660. The third-order valence-corrected chi connectivity index (χ3v) is 15.5. The summed E-state index contributed by atoms with van der Waals surface area (Å²) >= 11 is 0. The molecule has 18 heteroatoms. The van der Waals surface area contributed by atoms with Gasteiger partial charge < -0.3 is 47.1 Å². The molecule has 0 radical (unpaired) electrons. The number of sulfonamides is 1. The Morgan fingerprint density at radius 3 is 1.92 bits per heavy atom. The van der Waals surface area contributed by atoms with Crippen molar-refractivity contribution in [3.8, 4) is 11.1 Å². The van der Waals surface area contributed by atoms with Crippen molar-refractivity contribution in [3.63, 3.8) is 0 Å². The molecule has 0 spiro atoms. The lowest BCUT2D eigenvalue weighted by Crippen LogP contribution is -2.65. The van der Waals surface area contributed by atoms with E-state index in [1.54, 1.807) is 12.1 Å². The summed E-state index contributed by atoms with van der Waals surface area (Å²) < 4.78 is 42.7. The number of rotatable bonds is 25. The smallest absolute Gasteiger partial charge is 0.404 e. The van der Waals surface area contributed by atoms with E-state index in [1.165, 1.54) is 31.5 Å². The van der Waals surface area contributed by atoms with Crippen molar-refractivity contribution in [3.05, 3.63) is 54.1 Å². The number of aryl methyl sites for hydroxylation is 1. The minimum absolute atomic E-state index is 0.0563. The number of amides is 4. The van der Waals surface area contributed by atoms with Crippen LogP contribution in [0.2, 0.25) is 0 Å². The number of nitrogens with one attached hydrogen (secondary N) is 5. The molecule has 2 aromatic carbocycles. The van der Waals surface area contributed by atoms with E-state index < -0.39 is 82.6 Å². The van der Waals surface area contributed by atoms with Crippen molar-refractivity contribution < 1.29 is 42.0 Å². The Labute approximate surface area is 386 Å². The molecule has 1 heterocycles. The normalized spacial score (nSPS) is 23.7. The van der Waals surface area contributed by atoms with Gasteiger partial charge in [-0.15, -0.1) is 0 Å². The molecule has 10 atom stereocenters. The van der Waals surface area contributed by atoms with Crippen LogP contribution in [-0.4, -0.2) is 105 Å². The summed E-state index contributed by atoms with van der Waals surface area (Å²) in [4.78, 5) is 54.7. The highest BCUT2D eigenvalue weighted by molar-refractivity contribution is 7.89. The molecule has 2 bridgehead atoms. The second kappa shape index (κ2) is 22.7. The van der Waals surface area contributed by atoms with Gasteiger partial charge in [0.05, 0.1) is 28.6 Å². The maximum atomic E-state index is 13.8. The Balaban J connectivity index is 1.19. The molecule has 3 aliphatic carbocycles. The lowest BCUT2D eigenvalue weighted by atomic mass is 9.43. The second-order valence-electron chi connectivity index (χ2n) is 19.2. The third-order valence-electron chi connectivity index (χ3n) is 14.0. The van der Waals surface area contributed by atoms with Crippen molar-refractivity contribution >= 4 is 40.8 Å². The highest BCUT2D eigenvalue weighted by atomic mass is 32.2. The maximum Gasteiger partial charge on any atom is 0.481 e. The van der Waals surface area contributed by atoms with Crippen molar-refractivity contribution in [1.29, 1.82) is 0 Å².